The van der Waals surface area contributed by atoms with E-state index in [0.717, 1.165) is 11.1 Å². The lowest BCUT2D eigenvalue weighted by atomic mass is 10.1. The number of rotatable bonds is 10. The molecule has 1 aliphatic heterocycles. The van der Waals surface area contributed by atoms with Crippen molar-refractivity contribution in [2.45, 2.75) is 38.0 Å². The summed E-state index contributed by atoms with van der Waals surface area (Å²) < 4.78 is 5.42. The van der Waals surface area contributed by atoms with Crippen molar-refractivity contribution in [3.8, 4) is 0 Å². The summed E-state index contributed by atoms with van der Waals surface area (Å²) in [5.41, 5.74) is 2.07. The Morgan fingerprint density at radius 1 is 0.900 bits per heavy atom. The van der Waals surface area contributed by atoms with Crippen molar-refractivity contribution in [3.05, 3.63) is 113 Å². The van der Waals surface area contributed by atoms with Gasteiger partial charge in [0.15, 0.2) is 0 Å². The summed E-state index contributed by atoms with van der Waals surface area (Å²) in [7, 11) is 0. The Balaban J connectivity index is 1.48. The number of benzene rings is 3. The Hall–Kier alpha value is -4.92. The molecule has 1 saturated heterocycles. The van der Waals surface area contributed by atoms with Gasteiger partial charge in [0, 0.05) is 13.0 Å². The second-order valence-electron chi connectivity index (χ2n) is 9.40. The van der Waals surface area contributed by atoms with Gasteiger partial charge in [0.1, 0.15) is 24.4 Å². The Bertz CT molecular complexity index is 1350. The van der Waals surface area contributed by atoms with Crippen LogP contribution in [-0.2, 0) is 32.1 Å². The molecular weight excluding hydrogens is 510 g/mol. The van der Waals surface area contributed by atoms with Crippen molar-refractivity contribution in [1.29, 1.82) is 0 Å². The van der Waals surface area contributed by atoms with Gasteiger partial charge in [0.25, 0.3) is 5.91 Å². The van der Waals surface area contributed by atoms with Gasteiger partial charge in [-0.1, -0.05) is 91.0 Å². The largest absolute Gasteiger partial charge is 0.480 e. The van der Waals surface area contributed by atoms with Gasteiger partial charge in [-0.2, -0.15) is 0 Å². The molecule has 40 heavy (non-hydrogen) atoms. The van der Waals surface area contributed by atoms with E-state index in [9.17, 15) is 24.3 Å². The molecule has 206 valence electrons. The van der Waals surface area contributed by atoms with E-state index in [-0.39, 0.29) is 18.7 Å². The van der Waals surface area contributed by atoms with Gasteiger partial charge >= 0.3 is 12.1 Å². The maximum absolute atomic E-state index is 13.4. The van der Waals surface area contributed by atoms with Crippen molar-refractivity contribution in [3.63, 3.8) is 0 Å². The van der Waals surface area contributed by atoms with Crippen LogP contribution in [-0.4, -0.2) is 52.5 Å². The van der Waals surface area contributed by atoms with Crippen molar-refractivity contribution >= 4 is 30.0 Å². The first kappa shape index (κ1) is 28.1. The monoisotopic (exact) mass is 541 g/mol. The minimum absolute atomic E-state index is 0.0676. The second-order valence-corrected chi connectivity index (χ2v) is 9.40. The van der Waals surface area contributed by atoms with E-state index in [4.69, 9.17) is 4.74 Å². The normalized spacial score (nSPS) is 15.7. The Labute approximate surface area is 232 Å². The maximum atomic E-state index is 13.4. The molecule has 3 aromatic rings. The summed E-state index contributed by atoms with van der Waals surface area (Å²) in [5.74, 6) is -2.51. The summed E-state index contributed by atoms with van der Waals surface area (Å²) in [6.07, 6.45) is 1.92. The van der Waals surface area contributed by atoms with E-state index >= 15 is 0 Å². The molecule has 1 heterocycles. The number of hydrogen-bond donors (Lipinski definition) is 3. The molecule has 9 nitrogen and oxygen atoms in total. The first-order valence-electron chi connectivity index (χ1n) is 13.0. The first-order chi connectivity index (χ1) is 19.4. The number of amides is 3. The van der Waals surface area contributed by atoms with Crippen LogP contribution in [0.4, 0.5) is 4.79 Å². The zero-order valence-electron chi connectivity index (χ0n) is 21.9. The topological polar surface area (TPSA) is 125 Å². The lowest BCUT2D eigenvalue weighted by Crippen LogP contribution is -2.49. The molecule has 0 unspecified atom stereocenters. The van der Waals surface area contributed by atoms with Crippen LogP contribution in [0, 0.1) is 0 Å². The fourth-order valence-corrected chi connectivity index (χ4v) is 4.44. The molecule has 3 N–H and O–H groups in total. The molecule has 0 bridgehead atoms. The summed E-state index contributed by atoms with van der Waals surface area (Å²) in [4.78, 5) is 52.8. The van der Waals surface area contributed by atoms with Crippen LogP contribution in [0.15, 0.2) is 96.7 Å². The molecular formula is C31H31N3O6. The van der Waals surface area contributed by atoms with Crippen LogP contribution >= 0.6 is 0 Å². The van der Waals surface area contributed by atoms with Gasteiger partial charge < -0.3 is 20.5 Å². The Morgan fingerprint density at radius 3 is 2.12 bits per heavy atom. The SMILES string of the molecule is O=C(N[C@@H](Cc1ccccc1)C(=O)O)C(=Cc1ccccc1)NC(=O)[C@@H]1CCCN1C(=O)OCc1ccccc1. The van der Waals surface area contributed by atoms with E-state index in [2.05, 4.69) is 10.6 Å². The number of carboxylic acid groups (broad SMARTS) is 1. The highest BCUT2D eigenvalue weighted by atomic mass is 16.6. The van der Waals surface area contributed by atoms with Crippen LogP contribution in [0.5, 0.6) is 0 Å². The standard InChI is InChI=1S/C31H31N3O6/c35-28(33-26(30(37)38)20-23-13-6-2-7-14-23)25(19-22-11-4-1-5-12-22)32-29(36)27-17-10-18-34(27)31(39)40-21-24-15-8-3-9-16-24/h1-9,11-16,19,26-27H,10,17-18,20-21H2,(H,32,36)(H,33,35)(H,37,38)/t26-,27-/m0/s1. The molecule has 0 aromatic heterocycles. The smallest absolute Gasteiger partial charge is 0.410 e. The molecule has 0 aliphatic carbocycles. The second kappa shape index (κ2) is 13.7. The predicted octanol–water partition coefficient (Wildman–Crippen LogP) is 3.76. The van der Waals surface area contributed by atoms with Gasteiger partial charge in [-0.15, -0.1) is 0 Å². The number of nitrogens with zero attached hydrogens (tertiary/aromatic N) is 1. The third-order valence-corrected chi connectivity index (χ3v) is 6.49. The number of nitrogens with one attached hydrogen (secondary N) is 2. The van der Waals surface area contributed by atoms with E-state index in [1.165, 1.54) is 11.0 Å². The molecule has 3 aromatic carbocycles. The predicted molar refractivity (Wildman–Crippen MR) is 149 cm³/mol. The van der Waals surface area contributed by atoms with Crippen molar-refractivity contribution in [2.24, 2.45) is 0 Å². The van der Waals surface area contributed by atoms with Crippen LogP contribution in [0.25, 0.3) is 6.08 Å². The minimum Gasteiger partial charge on any atom is -0.480 e. The average Bonchev–Trinajstić information content (AvgIpc) is 3.47. The van der Waals surface area contributed by atoms with E-state index in [1.807, 2.05) is 42.5 Å². The number of carbonyl (C=O) groups is 4. The van der Waals surface area contributed by atoms with Crippen LogP contribution in [0.1, 0.15) is 29.5 Å². The van der Waals surface area contributed by atoms with E-state index < -0.39 is 36.0 Å². The lowest BCUT2D eigenvalue weighted by Gasteiger charge is -2.24. The van der Waals surface area contributed by atoms with Gasteiger partial charge in [-0.05, 0) is 35.6 Å². The molecule has 1 fully saturated rings. The first-order valence-corrected chi connectivity index (χ1v) is 13.0. The summed E-state index contributed by atoms with van der Waals surface area (Å²) in [6, 6.07) is 25.0. The summed E-state index contributed by atoms with van der Waals surface area (Å²) in [5, 5.41) is 14.9. The van der Waals surface area contributed by atoms with E-state index in [0.29, 0.717) is 24.9 Å². The molecule has 2 atom stereocenters. The van der Waals surface area contributed by atoms with Gasteiger partial charge in [0.05, 0.1) is 0 Å². The Morgan fingerprint density at radius 2 is 1.50 bits per heavy atom. The fraction of sp³-hybridized carbons (Fsp3) is 0.226. The molecule has 0 radical (unpaired) electrons. The molecule has 9 heteroatoms. The van der Waals surface area contributed by atoms with E-state index in [1.54, 1.807) is 48.5 Å². The quantitative estimate of drug-likeness (QED) is 0.336. The molecule has 4 rings (SSSR count). The summed E-state index contributed by atoms with van der Waals surface area (Å²) in [6.45, 7) is 0.415. The number of hydrogen-bond acceptors (Lipinski definition) is 5. The van der Waals surface area contributed by atoms with Crippen molar-refractivity contribution in [2.75, 3.05) is 6.54 Å². The average molecular weight is 542 g/mol. The number of carboxylic acids is 1. The molecule has 1 aliphatic rings. The third-order valence-electron chi connectivity index (χ3n) is 6.49. The van der Waals surface area contributed by atoms with Crippen LogP contribution in [0.2, 0.25) is 0 Å². The molecule has 3 amide bonds. The van der Waals surface area contributed by atoms with Gasteiger partial charge in [0.2, 0.25) is 5.91 Å². The maximum Gasteiger partial charge on any atom is 0.410 e. The zero-order valence-corrected chi connectivity index (χ0v) is 21.9. The minimum atomic E-state index is -1.22. The van der Waals surface area contributed by atoms with Gasteiger partial charge in [-0.25, -0.2) is 9.59 Å². The third kappa shape index (κ3) is 7.80. The van der Waals surface area contributed by atoms with Gasteiger partial charge in [-0.3, -0.25) is 14.5 Å². The molecule has 0 saturated carbocycles. The van der Waals surface area contributed by atoms with Crippen molar-refractivity contribution in [1.82, 2.24) is 15.5 Å². The fourth-order valence-electron chi connectivity index (χ4n) is 4.44. The number of likely N-dealkylation sites (tertiary alicyclic amines) is 1. The number of carbonyl (C=O) groups excluding carboxylic acids is 3. The van der Waals surface area contributed by atoms with Crippen LogP contribution < -0.4 is 10.6 Å². The highest BCUT2D eigenvalue weighted by Gasteiger charge is 2.36. The van der Waals surface area contributed by atoms with Crippen molar-refractivity contribution < 1.29 is 29.0 Å². The number of ether oxygens (including phenoxy) is 1. The highest BCUT2D eigenvalue weighted by molar-refractivity contribution is 6.03. The highest BCUT2D eigenvalue weighted by Crippen LogP contribution is 2.20. The lowest BCUT2D eigenvalue weighted by molar-refractivity contribution is -0.141. The zero-order chi connectivity index (χ0) is 28.3. The Kier molecular flexibility index (Phi) is 9.66. The number of aliphatic carboxylic acids is 1. The summed E-state index contributed by atoms with van der Waals surface area (Å²) >= 11 is 0. The van der Waals surface area contributed by atoms with Crippen LogP contribution in [0.3, 0.4) is 0 Å². The molecule has 0 spiro atoms.